The summed E-state index contributed by atoms with van der Waals surface area (Å²) in [7, 11) is 0. The molecule has 0 aliphatic carbocycles. The van der Waals surface area contributed by atoms with Crippen molar-refractivity contribution in [1.29, 1.82) is 0 Å². The molecule has 1 atom stereocenters. The predicted molar refractivity (Wildman–Crippen MR) is 68.1 cm³/mol. The molecular formula is C14H25NO2. The number of carbonyl (C=O) groups excluding carboxylic acids is 1. The first-order valence-electron chi connectivity index (χ1n) is 7.09. The Morgan fingerprint density at radius 1 is 1.29 bits per heavy atom. The third kappa shape index (κ3) is 2.89. The first-order valence-corrected chi connectivity index (χ1v) is 7.09. The van der Waals surface area contributed by atoms with Gasteiger partial charge < -0.3 is 4.74 Å². The Hall–Kier alpha value is -0.410. The minimum absolute atomic E-state index is 0.102. The lowest BCUT2D eigenvalue weighted by atomic mass is 9.84. The van der Waals surface area contributed by atoms with Crippen LogP contribution < -0.4 is 0 Å². The Bertz CT molecular complexity index is 263. The molecule has 2 fully saturated rings. The number of hydrogen-bond donors (Lipinski definition) is 0. The second-order valence-electron chi connectivity index (χ2n) is 5.46. The van der Waals surface area contributed by atoms with Crippen LogP contribution in [0.4, 0.5) is 0 Å². The molecule has 2 saturated heterocycles. The fourth-order valence-electron chi connectivity index (χ4n) is 3.19. The molecule has 0 amide bonds. The van der Waals surface area contributed by atoms with E-state index in [1.165, 1.54) is 0 Å². The Morgan fingerprint density at radius 3 is 2.53 bits per heavy atom. The molecule has 0 aromatic heterocycles. The number of carbonyl (C=O) groups is 1. The second kappa shape index (κ2) is 5.49. The van der Waals surface area contributed by atoms with Crippen molar-refractivity contribution in [2.75, 3.05) is 19.7 Å². The summed E-state index contributed by atoms with van der Waals surface area (Å²) in [6.07, 6.45) is 5.99. The Balaban J connectivity index is 1.95. The van der Waals surface area contributed by atoms with Gasteiger partial charge in [-0.2, -0.15) is 0 Å². The van der Waals surface area contributed by atoms with Crippen LogP contribution in [0, 0.1) is 0 Å². The SMILES string of the molecule is CCC1(CC)CC(N2CCC(=O)CC2)CCO1. The van der Waals surface area contributed by atoms with E-state index in [0.717, 1.165) is 58.2 Å². The van der Waals surface area contributed by atoms with E-state index >= 15 is 0 Å². The molecule has 2 aliphatic heterocycles. The predicted octanol–water partition coefficient (Wildman–Crippen LogP) is 2.39. The van der Waals surface area contributed by atoms with Gasteiger partial charge in [-0.25, -0.2) is 0 Å². The molecule has 0 aromatic carbocycles. The summed E-state index contributed by atoms with van der Waals surface area (Å²) in [6.45, 7) is 7.27. The zero-order valence-electron chi connectivity index (χ0n) is 11.2. The van der Waals surface area contributed by atoms with Crippen LogP contribution in [0.15, 0.2) is 0 Å². The molecule has 3 nitrogen and oxygen atoms in total. The average molecular weight is 239 g/mol. The Labute approximate surface area is 105 Å². The number of hydrogen-bond acceptors (Lipinski definition) is 3. The molecule has 2 rings (SSSR count). The molecule has 0 aromatic rings. The minimum atomic E-state index is 0.102. The lowest BCUT2D eigenvalue weighted by molar-refractivity contribution is -0.127. The summed E-state index contributed by atoms with van der Waals surface area (Å²) in [5, 5.41) is 0. The number of Topliss-reactive ketones (excluding diaryl/α,β-unsaturated/α-hetero) is 1. The minimum Gasteiger partial charge on any atom is -0.375 e. The highest BCUT2D eigenvalue weighted by Crippen LogP contribution is 2.34. The lowest BCUT2D eigenvalue weighted by Crippen LogP contribution is -2.50. The van der Waals surface area contributed by atoms with Crippen LogP contribution in [0.3, 0.4) is 0 Å². The summed E-state index contributed by atoms with van der Waals surface area (Å²) < 4.78 is 6.01. The molecule has 0 saturated carbocycles. The van der Waals surface area contributed by atoms with Crippen LogP contribution in [0.1, 0.15) is 52.4 Å². The molecule has 1 unspecified atom stereocenters. The van der Waals surface area contributed by atoms with Gasteiger partial charge in [-0.1, -0.05) is 13.8 Å². The number of nitrogens with zero attached hydrogens (tertiary/aromatic N) is 1. The molecule has 0 N–H and O–H groups in total. The van der Waals surface area contributed by atoms with Crippen molar-refractivity contribution in [3.8, 4) is 0 Å². The summed E-state index contributed by atoms with van der Waals surface area (Å²) in [4.78, 5) is 13.8. The Morgan fingerprint density at radius 2 is 1.94 bits per heavy atom. The van der Waals surface area contributed by atoms with Gasteiger partial charge in [-0.15, -0.1) is 0 Å². The normalized spacial score (nSPS) is 30.5. The van der Waals surface area contributed by atoms with Gasteiger partial charge in [0.2, 0.25) is 0 Å². The van der Waals surface area contributed by atoms with Gasteiger partial charge in [0.1, 0.15) is 5.78 Å². The van der Waals surface area contributed by atoms with E-state index in [4.69, 9.17) is 4.74 Å². The molecule has 2 aliphatic rings. The smallest absolute Gasteiger partial charge is 0.135 e. The Kier molecular flexibility index (Phi) is 4.21. The maximum absolute atomic E-state index is 11.3. The fourth-order valence-corrected chi connectivity index (χ4v) is 3.19. The van der Waals surface area contributed by atoms with E-state index in [0.29, 0.717) is 11.8 Å². The molecule has 3 heteroatoms. The van der Waals surface area contributed by atoms with Crippen LogP contribution in [-0.2, 0) is 9.53 Å². The van der Waals surface area contributed by atoms with Crippen molar-refractivity contribution >= 4 is 5.78 Å². The lowest BCUT2D eigenvalue weighted by Gasteiger charge is -2.45. The van der Waals surface area contributed by atoms with Crippen molar-refractivity contribution in [2.45, 2.75) is 64.0 Å². The highest BCUT2D eigenvalue weighted by Gasteiger charge is 2.37. The molecule has 0 radical (unpaired) electrons. The summed E-state index contributed by atoms with van der Waals surface area (Å²) in [5.41, 5.74) is 0.102. The van der Waals surface area contributed by atoms with E-state index in [2.05, 4.69) is 18.7 Å². The van der Waals surface area contributed by atoms with Crippen LogP contribution in [0.5, 0.6) is 0 Å². The maximum Gasteiger partial charge on any atom is 0.135 e. The highest BCUT2D eigenvalue weighted by atomic mass is 16.5. The van der Waals surface area contributed by atoms with Gasteiger partial charge in [-0.05, 0) is 25.7 Å². The summed E-state index contributed by atoms with van der Waals surface area (Å²) in [5.74, 6) is 0.436. The van der Waals surface area contributed by atoms with Crippen molar-refractivity contribution in [3.63, 3.8) is 0 Å². The molecule has 2 heterocycles. The van der Waals surface area contributed by atoms with Crippen LogP contribution in [-0.4, -0.2) is 42.0 Å². The molecule has 98 valence electrons. The van der Waals surface area contributed by atoms with E-state index < -0.39 is 0 Å². The molecule has 17 heavy (non-hydrogen) atoms. The van der Waals surface area contributed by atoms with Gasteiger partial charge in [0.25, 0.3) is 0 Å². The monoisotopic (exact) mass is 239 g/mol. The molecular weight excluding hydrogens is 214 g/mol. The maximum atomic E-state index is 11.3. The van der Waals surface area contributed by atoms with E-state index in [-0.39, 0.29) is 5.60 Å². The number of ketones is 1. The van der Waals surface area contributed by atoms with Crippen LogP contribution >= 0.6 is 0 Å². The van der Waals surface area contributed by atoms with E-state index in [1.54, 1.807) is 0 Å². The topological polar surface area (TPSA) is 29.5 Å². The molecule has 0 spiro atoms. The van der Waals surface area contributed by atoms with Crippen molar-refractivity contribution in [3.05, 3.63) is 0 Å². The number of piperidine rings is 1. The van der Waals surface area contributed by atoms with Crippen LogP contribution in [0.2, 0.25) is 0 Å². The highest BCUT2D eigenvalue weighted by molar-refractivity contribution is 5.79. The molecule has 0 bridgehead atoms. The van der Waals surface area contributed by atoms with Gasteiger partial charge in [0.15, 0.2) is 0 Å². The van der Waals surface area contributed by atoms with Gasteiger partial charge in [-0.3, -0.25) is 9.69 Å². The van der Waals surface area contributed by atoms with E-state index in [9.17, 15) is 4.79 Å². The van der Waals surface area contributed by atoms with Crippen molar-refractivity contribution < 1.29 is 9.53 Å². The van der Waals surface area contributed by atoms with Crippen molar-refractivity contribution in [2.24, 2.45) is 0 Å². The average Bonchev–Trinajstić information content (AvgIpc) is 2.39. The first kappa shape index (κ1) is 13.0. The van der Waals surface area contributed by atoms with Crippen molar-refractivity contribution in [1.82, 2.24) is 4.90 Å². The zero-order chi connectivity index (χ0) is 12.3. The van der Waals surface area contributed by atoms with E-state index in [1.807, 2.05) is 0 Å². The van der Waals surface area contributed by atoms with Gasteiger partial charge >= 0.3 is 0 Å². The third-order valence-corrected chi connectivity index (χ3v) is 4.63. The van der Waals surface area contributed by atoms with Gasteiger partial charge in [0, 0.05) is 38.6 Å². The van der Waals surface area contributed by atoms with Gasteiger partial charge in [0.05, 0.1) is 5.60 Å². The quantitative estimate of drug-likeness (QED) is 0.757. The number of likely N-dealkylation sites (tertiary alicyclic amines) is 1. The second-order valence-corrected chi connectivity index (χ2v) is 5.46. The third-order valence-electron chi connectivity index (χ3n) is 4.63. The number of ether oxygens (including phenoxy) is 1. The number of rotatable bonds is 3. The first-order chi connectivity index (χ1) is 8.19. The standard InChI is InChI=1S/C14H25NO2/c1-3-14(4-2)11-12(7-10-17-14)15-8-5-13(16)6-9-15/h12H,3-11H2,1-2H3. The zero-order valence-corrected chi connectivity index (χ0v) is 11.2. The summed E-state index contributed by atoms with van der Waals surface area (Å²) >= 11 is 0. The summed E-state index contributed by atoms with van der Waals surface area (Å²) in [6, 6.07) is 0.636. The largest absolute Gasteiger partial charge is 0.375 e. The fraction of sp³-hybridized carbons (Fsp3) is 0.929. The van der Waals surface area contributed by atoms with Crippen LogP contribution in [0.25, 0.3) is 0 Å².